The van der Waals surface area contributed by atoms with E-state index in [9.17, 15) is 5.11 Å². The summed E-state index contributed by atoms with van der Waals surface area (Å²) in [6, 6.07) is 6.48. The van der Waals surface area contributed by atoms with Gasteiger partial charge < -0.3 is 9.84 Å². The van der Waals surface area contributed by atoms with E-state index in [-0.39, 0.29) is 10.8 Å². The molecule has 0 radical (unpaired) electrons. The summed E-state index contributed by atoms with van der Waals surface area (Å²) >= 11 is 0. The minimum absolute atomic E-state index is 0.0452. The maximum absolute atomic E-state index is 12.1. The van der Waals surface area contributed by atoms with Gasteiger partial charge in [0, 0.05) is 16.4 Å². The summed E-state index contributed by atoms with van der Waals surface area (Å²) in [4.78, 5) is 0. The van der Waals surface area contributed by atoms with E-state index in [1.54, 1.807) is 7.11 Å². The fourth-order valence-corrected chi connectivity index (χ4v) is 5.70. The Morgan fingerprint density at radius 3 is 2.54 bits per heavy atom. The van der Waals surface area contributed by atoms with Crippen molar-refractivity contribution in [1.29, 1.82) is 0 Å². The van der Waals surface area contributed by atoms with E-state index in [1.807, 2.05) is 0 Å². The molecule has 1 aromatic rings. The van der Waals surface area contributed by atoms with Gasteiger partial charge in [0.2, 0.25) is 0 Å². The summed E-state index contributed by atoms with van der Waals surface area (Å²) in [5, 5.41) is 12.1. The molecule has 0 saturated heterocycles. The summed E-state index contributed by atoms with van der Waals surface area (Å²) in [6.45, 7) is 9.03. The van der Waals surface area contributed by atoms with Crippen molar-refractivity contribution in [2.45, 2.75) is 78.2 Å². The van der Waals surface area contributed by atoms with Crippen molar-refractivity contribution in [3.8, 4) is 5.75 Å². The van der Waals surface area contributed by atoms with Gasteiger partial charge >= 0.3 is 0 Å². The highest BCUT2D eigenvalue weighted by Gasteiger charge is 2.69. The molecule has 0 spiro atoms. The highest BCUT2D eigenvalue weighted by atomic mass is 16.5. The summed E-state index contributed by atoms with van der Waals surface area (Å²) < 4.78 is 5.69. The van der Waals surface area contributed by atoms with Crippen LogP contribution in [0.3, 0.4) is 0 Å². The first-order valence-electron chi connectivity index (χ1n) is 9.70. The Bertz CT molecular complexity index is 599. The minimum atomic E-state index is -0.810. The normalized spacial score (nSPS) is 33.8. The highest BCUT2D eigenvalue weighted by molar-refractivity contribution is 5.46. The summed E-state index contributed by atoms with van der Waals surface area (Å²) in [5.74, 6) is 1.44. The van der Waals surface area contributed by atoms with Crippen LogP contribution in [0.1, 0.15) is 77.3 Å². The Hall–Kier alpha value is -1.02. The average molecular weight is 331 g/mol. The van der Waals surface area contributed by atoms with Gasteiger partial charge in [0.05, 0.1) is 7.11 Å². The second kappa shape index (κ2) is 6.05. The summed E-state index contributed by atoms with van der Waals surface area (Å²) in [5.41, 5.74) is 1.38. The first kappa shape index (κ1) is 17.8. The number of hydrogen-bond donors (Lipinski definition) is 1. The third kappa shape index (κ3) is 2.33. The average Bonchev–Trinajstić information content (AvgIpc) is 3.03. The van der Waals surface area contributed by atoms with Gasteiger partial charge in [0.15, 0.2) is 0 Å². The standard InChI is InChI=1S/C22H34O2/c1-6-7-8-9-16-10-11-19(24-5)18(14-16)22(23)20(2,3)17-12-13-21(22,4)15-17/h10-11,14,17,23H,6-9,12-13,15H2,1-5H3/t17?,21?,22-/m1/s1. The number of methoxy groups -OCH3 is 1. The molecular formula is C22H34O2. The Balaban J connectivity index is 2.05. The number of aryl methyl sites for hydroxylation is 1. The molecule has 3 atom stereocenters. The number of hydrogen-bond acceptors (Lipinski definition) is 2. The monoisotopic (exact) mass is 330 g/mol. The Labute approximate surface area is 147 Å². The van der Waals surface area contributed by atoms with Gasteiger partial charge in [0.1, 0.15) is 11.4 Å². The molecule has 2 nitrogen and oxygen atoms in total. The van der Waals surface area contributed by atoms with Crippen molar-refractivity contribution < 1.29 is 9.84 Å². The van der Waals surface area contributed by atoms with Crippen LogP contribution in [-0.4, -0.2) is 12.2 Å². The van der Waals surface area contributed by atoms with Gasteiger partial charge in [-0.3, -0.25) is 0 Å². The molecule has 2 fully saturated rings. The number of unbranched alkanes of at least 4 members (excludes halogenated alkanes) is 2. The van der Waals surface area contributed by atoms with Gasteiger partial charge in [0.25, 0.3) is 0 Å². The molecular weight excluding hydrogens is 296 g/mol. The Kier molecular flexibility index (Phi) is 4.49. The van der Waals surface area contributed by atoms with E-state index in [4.69, 9.17) is 4.74 Å². The van der Waals surface area contributed by atoms with Gasteiger partial charge in [-0.1, -0.05) is 46.6 Å². The maximum Gasteiger partial charge on any atom is 0.125 e. The molecule has 134 valence electrons. The maximum atomic E-state index is 12.1. The Morgan fingerprint density at radius 1 is 1.21 bits per heavy atom. The van der Waals surface area contributed by atoms with E-state index >= 15 is 0 Å². The van der Waals surface area contributed by atoms with Crippen molar-refractivity contribution in [2.24, 2.45) is 16.7 Å². The quantitative estimate of drug-likeness (QED) is 0.702. The molecule has 2 bridgehead atoms. The molecule has 0 amide bonds. The zero-order valence-electron chi connectivity index (χ0n) is 16.1. The number of rotatable bonds is 6. The van der Waals surface area contributed by atoms with Gasteiger partial charge in [-0.2, -0.15) is 0 Å². The third-order valence-corrected chi connectivity index (χ3v) is 7.29. The largest absolute Gasteiger partial charge is 0.496 e. The van der Waals surface area contributed by atoms with Gasteiger partial charge in [-0.25, -0.2) is 0 Å². The van der Waals surface area contributed by atoms with E-state index < -0.39 is 5.60 Å². The lowest BCUT2D eigenvalue weighted by Crippen LogP contribution is -2.51. The van der Waals surface area contributed by atoms with Crippen molar-refractivity contribution >= 4 is 0 Å². The minimum Gasteiger partial charge on any atom is -0.496 e. The zero-order valence-corrected chi connectivity index (χ0v) is 16.1. The molecule has 2 unspecified atom stereocenters. The lowest BCUT2D eigenvalue weighted by atomic mass is 9.57. The van der Waals surface area contributed by atoms with E-state index in [2.05, 4.69) is 45.9 Å². The first-order valence-corrected chi connectivity index (χ1v) is 9.70. The molecule has 0 aromatic heterocycles. The van der Waals surface area contributed by atoms with Crippen molar-refractivity contribution in [3.05, 3.63) is 29.3 Å². The Morgan fingerprint density at radius 2 is 1.96 bits per heavy atom. The molecule has 24 heavy (non-hydrogen) atoms. The molecule has 2 aliphatic carbocycles. The van der Waals surface area contributed by atoms with Crippen LogP contribution in [0.4, 0.5) is 0 Å². The zero-order chi connectivity index (χ0) is 17.6. The molecule has 2 aliphatic rings. The molecule has 1 aromatic carbocycles. The first-order chi connectivity index (χ1) is 11.3. The fraction of sp³-hybridized carbons (Fsp3) is 0.727. The van der Waals surface area contributed by atoms with Gasteiger partial charge in [-0.05, 0) is 55.7 Å². The third-order valence-electron chi connectivity index (χ3n) is 7.29. The van der Waals surface area contributed by atoms with Crippen molar-refractivity contribution in [1.82, 2.24) is 0 Å². The van der Waals surface area contributed by atoms with Crippen LogP contribution < -0.4 is 4.74 Å². The number of aliphatic hydroxyl groups is 1. The number of fused-ring (bicyclic) bond motifs is 2. The van der Waals surface area contributed by atoms with Gasteiger partial charge in [-0.15, -0.1) is 0 Å². The molecule has 2 heteroatoms. The van der Waals surface area contributed by atoms with Crippen LogP contribution in [-0.2, 0) is 12.0 Å². The lowest BCUT2D eigenvalue weighted by Gasteiger charge is -2.51. The lowest BCUT2D eigenvalue weighted by molar-refractivity contribution is -0.151. The van der Waals surface area contributed by atoms with Crippen LogP contribution in [0.15, 0.2) is 18.2 Å². The van der Waals surface area contributed by atoms with E-state index in [0.29, 0.717) is 5.92 Å². The smallest absolute Gasteiger partial charge is 0.125 e. The molecule has 0 heterocycles. The SMILES string of the molecule is CCCCCc1ccc(OC)c([C@]2(O)C3(C)CCC(C3)C2(C)C)c1. The van der Waals surface area contributed by atoms with E-state index in [1.165, 1.54) is 31.2 Å². The second-order valence-corrected chi connectivity index (χ2v) is 8.92. The fourth-order valence-electron chi connectivity index (χ4n) is 5.70. The number of ether oxygens (including phenoxy) is 1. The predicted molar refractivity (Wildman–Crippen MR) is 99.3 cm³/mol. The topological polar surface area (TPSA) is 29.5 Å². The summed E-state index contributed by atoms with van der Waals surface area (Å²) in [6.07, 6.45) is 8.27. The van der Waals surface area contributed by atoms with E-state index in [0.717, 1.165) is 30.6 Å². The molecule has 3 rings (SSSR count). The second-order valence-electron chi connectivity index (χ2n) is 8.92. The molecule has 0 aliphatic heterocycles. The van der Waals surface area contributed by atoms with Crippen LogP contribution in [0.2, 0.25) is 0 Å². The predicted octanol–water partition coefficient (Wildman–Crippen LogP) is 5.46. The van der Waals surface area contributed by atoms with Crippen molar-refractivity contribution in [3.63, 3.8) is 0 Å². The van der Waals surface area contributed by atoms with Crippen LogP contribution in [0.5, 0.6) is 5.75 Å². The van der Waals surface area contributed by atoms with Crippen molar-refractivity contribution in [2.75, 3.05) is 7.11 Å². The molecule has 1 N–H and O–H groups in total. The van der Waals surface area contributed by atoms with Crippen LogP contribution in [0.25, 0.3) is 0 Å². The highest BCUT2D eigenvalue weighted by Crippen LogP contribution is 2.72. The number of benzene rings is 1. The van der Waals surface area contributed by atoms with Crippen LogP contribution >= 0.6 is 0 Å². The van der Waals surface area contributed by atoms with Crippen LogP contribution in [0, 0.1) is 16.7 Å². The molecule has 2 saturated carbocycles. The summed E-state index contributed by atoms with van der Waals surface area (Å²) in [7, 11) is 1.72.